The number of pyridine rings is 1. The number of para-hydroxylation sites is 1. The van der Waals surface area contributed by atoms with Gasteiger partial charge in [0.15, 0.2) is 0 Å². The van der Waals surface area contributed by atoms with Crippen molar-refractivity contribution < 1.29 is 4.74 Å². The number of nitrogens with zero attached hydrogens (tertiary/aromatic N) is 1. The zero-order valence-corrected chi connectivity index (χ0v) is 17.6. The smallest absolute Gasteiger partial charge is 0.127 e. The van der Waals surface area contributed by atoms with Gasteiger partial charge in [0.25, 0.3) is 0 Å². The van der Waals surface area contributed by atoms with Crippen LogP contribution in [0.4, 0.5) is 5.69 Å². The van der Waals surface area contributed by atoms with E-state index < -0.39 is 0 Å². The highest BCUT2D eigenvalue weighted by atomic mass is 79.9. The van der Waals surface area contributed by atoms with Crippen molar-refractivity contribution in [2.45, 2.75) is 0 Å². The van der Waals surface area contributed by atoms with Gasteiger partial charge >= 0.3 is 0 Å². The standard InChI is InChI=1S/C24H19BrN4O/c25-17-6-4-5-16(13-17)21-14-20(26)22(24(27)28)23(29-21)15-9-11-19(12-10-15)30-18-7-2-1-3-8-18/h1-14H,(H2,26,29)(H3,27,28). The second-order valence-corrected chi connectivity index (χ2v) is 7.60. The van der Waals surface area contributed by atoms with Gasteiger partial charge < -0.3 is 16.2 Å². The molecule has 30 heavy (non-hydrogen) atoms. The van der Waals surface area contributed by atoms with E-state index in [4.69, 9.17) is 26.6 Å². The van der Waals surface area contributed by atoms with E-state index in [9.17, 15) is 0 Å². The van der Waals surface area contributed by atoms with Crippen molar-refractivity contribution >= 4 is 27.5 Å². The van der Waals surface area contributed by atoms with Crippen molar-refractivity contribution in [1.29, 1.82) is 5.41 Å². The number of rotatable bonds is 5. The summed E-state index contributed by atoms with van der Waals surface area (Å²) in [4.78, 5) is 4.79. The highest BCUT2D eigenvalue weighted by molar-refractivity contribution is 9.10. The Morgan fingerprint density at radius 1 is 0.833 bits per heavy atom. The minimum absolute atomic E-state index is 0.125. The summed E-state index contributed by atoms with van der Waals surface area (Å²) >= 11 is 3.49. The lowest BCUT2D eigenvalue weighted by molar-refractivity contribution is 0.483. The van der Waals surface area contributed by atoms with Crippen LogP contribution in [0.25, 0.3) is 22.5 Å². The molecule has 1 heterocycles. The molecule has 4 rings (SSSR count). The number of amidine groups is 1. The third-order valence-corrected chi connectivity index (χ3v) is 5.04. The summed E-state index contributed by atoms with van der Waals surface area (Å²) in [5.41, 5.74) is 15.9. The van der Waals surface area contributed by atoms with Crippen LogP contribution in [0.5, 0.6) is 11.5 Å². The van der Waals surface area contributed by atoms with Crippen LogP contribution in [0, 0.1) is 5.41 Å². The highest BCUT2D eigenvalue weighted by Gasteiger charge is 2.16. The summed E-state index contributed by atoms with van der Waals surface area (Å²) in [5.74, 6) is 1.33. The van der Waals surface area contributed by atoms with Gasteiger partial charge in [0, 0.05) is 21.3 Å². The average molecular weight is 459 g/mol. The van der Waals surface area contributed by atoms with E-state index in [1.807, 2.05) is 78.9 Å². The normalized spacial score (nSPS) is 10.6. The molecule has 0 fully saturated rings. The molecule has 0 aliphatic rings. The number of halogens is 1. The zero-order chi connectivity index (χ0) is 21.1. The Kier molecular flexibility index (Phi) is 5.50. The summed E-state index contributed by atoms with van der Waals surface area (Å²) < 4.78 is 6.80. The predicted octanol–water partition coefficient (Wildman–Crippen LogP) is 5.84. The largest absolute Gasteiger partial charge is 0.457 e. The molecule has 5 N–H and O–H groups in total. The van der Waals surface area contributed by atoms with Gasteiger partial charge in [-0.25, -0.2) is 4.98 Å². The third kappa shape index (κ3) is 4.18. The van der Waals surface area contributed by atoms with Crippen LogP contribution in [0.15, 0.2) is 89.4 Å². The molecule has 148 valence electrons. The number of nitrogens with one attached hydrogen (secondary N) is 1. The monoisotopic (exact) mass is 458 g/mol. The SMILES string of the molecule is N=C(N)c1c(N)cc(-c2cccc(Br)c2)nc1-c1ccc(Oc2ccccc2)cc1. The first-order chi connectivity index (χ1) is 14.5. The zero-order valence-electron chi connectivity index (χ0n) is 16.0. The molecule has 6 heteroatoms. The van der Waals surface area contributed by atoms with Crippen LogP contribution in [0.2, 0.25) is 0 Å². The fourth-order valence-corrected chi connectivity index (χ4v) is 3.56. The minimum atomic E-state index is -0.125. The van der Waals surface area contributed by atoms with Gasteiger partial charge in [-0.05, 0) is 54.6 Å². The maximum Gasteiger partial charge on any atom is 0.127 e. The Morgan fingerprint density at radius 3 is 2.20 bits per heavy atom. The van der Waals surface area contributed by atoms with Crippen molar-refractivity contribution in [3.8, 4) is 34.0 Å². The topological polar surface area (TPSA) is 98.0 Å². The lowest BCUT2D eigenvalue weighted by Gasteiger charge is -2.14. The van der Waals surface area contributed by atoms with Crippen LogP contribution in [0.3, 0.4) is 0 Å². The fourth-order valence-electron chi connectivity index (χ4n) is 3.16. The first kappa shape index (κ1) is 19.7. The van der Waals surface area contributed by atoms with Crippen LogP contribution in [-0.4, -0.2) is 10.8 Å². The number of hydrogen-bond acceptors (Lipinski definition) is 4. The van der Waals surface area contributed by atoms with Crippen LogP contribution in [-0.2, 0) is 0 Å². The van der Waals surface area contributed by atoms with Gasteiger partial charge in [-0.15, -0.1) is 0 Å². The Bertz CT molecular complexity index is 1210. The molecule has 3 aromatic carbocycles. The molecule has 1 aromatic heterocycles. The molecule has 0 unspecified atom stereocenters. The minimum Gasteiger partial charge on any atom is -0.457 e. The fraction of sp³-hybridized carbons (Fsp3) is 0. The molecule has 0 saturated carbocycles. The second kappa shape index (κ2) is 8.39. The number of ether oxygens (including phenoxy) is 1. The van der Waals surface area contributed by atoms with Gasteiger partial charge in [0.1, 0.15) is 17.3 Å². The summed E-state index contributed by atoms with van der Waals surface area (Å²) in [6, 6.07) is 26.6. The highest BCUT2D eigenvalue weighted by Crippen LogP contribution is 2.32. The number of anilines is 1. The van der Waals surface area contributed by atoms with Crippen molar-refractivity contribution in [1.82, 2.24) is 4.98 Å². The van der Waals surface area contributed by atoms with E-state index in [1.165, 1.54) is 0 Å². The maximum absolute atomic E-state index is 7.99. The molecule has 0 aliphatic carbocycles. The predicted molar refractivity (Wildman–Crippen MR) is 125 cm³/mol. The van der Waals surface area contributed by atoms with E-state index in [0.717, 1.165) is 21.3 Å². The number of hydrogen-bond donors (Lipinski definition) is 3. The van der Waals surface area contributed by atoms with E-state index in [1.54, 1.807) is 6.07 Å². The average Bonchev–Trinajstić information content (AvgIpc) is 2.74. The van der Waals surface area contributed by atoms with Gasteiger partial charge in [-0.2, -0.15) is 0 Å². The Hall–Kier alpha value is -3.64. The van der Waals surface area contributed by atoms with E-state index >= 15 is 0 Å². The molecular weight excluding hydrogens is 440 g/mol. The molecule has 0 saturated heterocycles. The molecule has 0 amide bonds. The molecule has 0 atom stereocenters. The van der Waals surface area contributed by atoms with Crippen LogP contribution >= 0.6 is 15.9 Å². The van der Waals surface area contributed by atoms with Crippen molar-refractivity contribution in [2.24, 2.45) is 5.73 Å². The van der Waals surface area contributed by atoms with Crippen molar-refractivity contribution in [3.63, 3.8) is 0 Å². The summed E-state index contributed by atoms with van der Waals surface area (Å²) in [7, 11) is 0. The molecule has 0 aliphatic heterocycles. The van der Waals surface area contributed by atoms with Crippen LogP contribution < -0.4 is 16.2 Å². The molecular formula is C24H19BrN4O. The maximum atomic E-state index is 7.99. The van der Waals surface area contributed by atoms with Gasteiger partial charge in [-0.1, -0.05) is 46.3 Å². The summed E-state index contributed by atoms with van der Waals surface area (Å²) in [6.45, 7) is 0. The second-order valence-electron chi connectivity index (χ2n) is 6.68. The molecule has 0 radical (unpaired) electrons. The van der Waals surface area contributed by atoms with Gasteiger partial charge in [0.2, 0.25) is 0 Å². The number of nitrogen functional groups attached to an aromatic ring is 2. The van der Waals surface area contributed by atoms with Crippen molar-refractivity contribution in [2.75, 3.05) is 5.73 Å². The van der Waals surface area contributed by atoms with Gasteiger partial charge in [0.05, 0.1) is 17.0 Å². The third-order valence-electron chi connectivity index (χ3n) is 4.55. The lowest BCUT2D eigenvalue weighted by Crippen LogP contribution is -2.16. The molecule has 0 spiro atoms. The number of benzene rings is 3. The number of nitrogens with two attached hydrogens (primary N) is 2. The Morgan fingerprint density at radius 2 is 1.53 bits per heavy atom. The van der Waals surface area contributed by atoms with Crippen LogP contribution in [0.1, 0.15) is 5.56 Å². The van der Waals surface area contributed by atoms with Crippen molar-refractivity contribution in [3.05, 3.63) is 95.0 Å². The van der Waals surface area contributed by atoms with E-state index in [2.05, 4.69) is 15.9 Å². The first-order valence-corrected chi connectivity index (χ1v) is 10.0. The summed E-state index contributed by atoms with van der Waals surface area (Å²) in [5, 5.41) is 7.99. The van der Waals surface area contributed by atoms with E-state index in [0.29, 0.717) is 28.4 Å². The number of aromatic nitrogens is 1. The quantitative estimate of drug-likeness (QED) is 0.258. The lowest BCUT2D eigenvalue weighted by atomic mass is 10.0. The molecule has 0 bridgehead atoms. The first-order valence-electron chi connectivity index (χ1n) is 9.25. The molecule has 5 nitrogen and oxygen atoms in total. The van der Waals surface area contributed by atoms with E-state index in [-0.39, 0.29) is 5.84 Å². The Labute approximate surface area is 183 Å². The summed E-state index contributed by atoms with van der Waals surface area (Å²) in [6.07, 6.45) is 0. The van der Waals surface area contributed by atoms with Gasteiger partial charge in [-0.3, -0.25) is 5.41 Å². The Balaban J connectivity index is 1.76. The molecule has 4 aromatic rings.